The first kappa shape index (κ1) is 14.8. The first-order valence-corrected chi connectivity index (χ1v) is 6.93. The van der Waals surface area contributed by atoms with Crippen LogP contribution in [0.2, 0.25) is 5.02 Å². The molecule has 0 radical (unpaired) electrons. The van der Waals surface area contributed by atoms with Crippen molar-refractivity contribution in [1.82, 2.24) is 0 Å². The van der Waals surface area contributed by atoms with Crippen LogP contribution < -0.4 is 10.5 Å². The third-order valence-electron chi connectivity index (χ3n) is 3.03. The Bertz CT molecular complexity index is 571. The lowest BCUT2D eigenvalue weighted by molar-refractivity contribution is 0.317. The van der Waals surface area contributed by atoms with E-state index in [-0.39, 0.29) is 5.02 Å². The van der Waals surface area contributed by atoms with E-state index < -0.39 is 11.9 Å². The van der Waals surface area contributed by atoms with Crippen LogP contribution in [0.4, 0.5) is 4.39 Å². The average Bonchev–Trinajstić information content (AvgIpc) is 2.48. The predicted octanol–water partition coefficient (Wildman–Crippen LogP) is 4.32. The number of ether oxygens (including phenoxy) is 1. The van der Waals surface area contributed by atoms with Gasteiger partial charge in [-0.25, -0.2) is 4.39 Å². The molecule has 106 valence electrons. The summed E-state index contributed by atoms with van der Waals surface area (Å²) in [4.78, 5) is 0. The molecule has 0 saturated heterocycles. The highest BCUT2D eigenvalue weighted by molar-refractivity contribution is 6.31. The highest BCUT2D eigenvalue weighted by atomic mass is 35.5. The summed E-state index contributed by atoms with van der Waals surface area (Å²) in [5, 5.41) is 0.0753. The third-order valence-corrected chi connectivity index (χ3v) is 3.43. The number of hydrogen-bond acceptors (Lipinski definition) is 2. The summed E-state index contributed by atoms with van der Waals surface area (Å²) < 4.78 is 19.0. The van der Waals surface area contributed by atoms with E-state index in [0.717, 1.165) is 17.7 Å². The third kappa shape index (κ3) is 3.30. The fourth-order valence-electron chi connectivity index (χ4n) is 1.93. The van der Waals surface area contributed by atoms with Crippen molar-refractivity contribution in [2.45, 2.75) is 19.4 Å². The summed E-state index contributed by atoms with van der Waals surface area (Å²) in [5.74, 6) is 0.343. The lowest BCUT2D eigenvalue weighted by atomic mass is 9.99. The Morgan fingerprint density at radius 1 is 1.20 bits per heavy atom. The molecule has 1 atom stereocenters. The number of nitrogens with two attached hydrogens (primary N) is 1. The minimum absolute atomic E-state index is 0.0753. The van der Waals surface area contributed by atoms with E-state index in [0.29, 0.717) is 12.2 Å². The molecule has 2 N–H and O–H groups in total. The zero-order valence-electron chi connectivity index (χ0n) is 11.3. The van der Waals surface area contributed by atoms with Gasteiger partial charge in [0.05, 0.1) is 17.7 Å². The monoisotopic (exact) mass is 293 g/mol. The van der Waals surface area contributed by atoms with Gasteiger partial charge in [0.15, 0.2) is 0 Å². The maximum atomic E-state index is 13.5. The van der Waals surface area contributed by atoms with E-state index >= 15 is 0 Å². The summed E-state index contributed by atoms with van der Waals surface area (Å²) >= 11 is 5.96. The van der Waals surface area contributed by atoms with E-state index in [1.807, 2.05) is 24.3 Å². The van der Waals surface area contributed by atoms with Gasteiger partial charge in [0.25, 0.3) is 0 Å². The fourth-order valence-corrected chi connectivity index (χ4v) is 2.18. The molecule has 0 heterocycles. The second-order valence-electron chi connectivity index (χ2n) is 4.54. The van der Waals surface area contributed by atoms with Crippen molar-refractivity contribution in [3.05, 3.63) is 64.4 Å². The molecular weight excluding hydrogens is 277 g/mol. The Kier molecular flexibility index (Phi) is 4.99. The molecule has 0 saturated carbocycles. The molecular formula is C16H17ClFNO. The Morgan fingerprint density at radius 3 is 2.55 bits per heavy atom. The van der Waals surface area contributed by atoms with Crippen LogP contribution in [-0.2, 0) is 0 Å². The fraction of sp³-hybridized carbons (Fsp3) is 0.250. The van der Waals surface area contributed by atoms with Crippen molar-refractivity contribution in [1.29, 1.82) is 0 Å². The molecule has 4 heteroatoms. The van der Waals surface area contributed by atoms with Gasteiger partial charge in [-0.15, -0.1) is 0 Å². The molecule has 0 aliphatic rings. The van der Waals surface area contributed by atoms with Crippen molar-refractivity contribution in [3.8, 4) is 5.75 Å². The molecule has 2 aromatic rings. The molecule has 0 fully saturated rings. The van der Waals surface area contributed by atoms with Gasteiger partial charge in [0.1, 0.15) is 11.6 Å². The summed E-state index contributed by atoms with van der Waals surface area (Å²) in [6, 6.07) is 11.7. The highest BCUT2D eigenvalue weighted by Crippen LogP contribution is 2.29. The van der Waals surface area contributed by atoms with Crippen LogP contribution in [0.3, 0.4) is 0 Å². The van der Waals surface area contributed by atoms with Gasteiger partial charge in [0.2, 0.25) is 0 Å². The van der Waals surface area contributed by atoms with Gasteiger partial charge in [-0.3, -0.25) is 0 Å². The van der Waals surface area contributed by atoms with Crippen LogP contribution in [0.1, 0.15) is 30.5 Å². The van der Waals surface area contributed by atoms with Crippen LogP contribution >= 0.6 is 11.6 Å². The normalized spacial score (nSPS) is 12.2. The molecule has 1 unspecified atom stereocenters. The molecule has 20 heavy (non-hydrogen) atoms. The lowest BCUT2D eigenvalue weighted by Crippen LogP contribution is -2.12. The van der Waals surface area contributed by atoms with Crippen molar-refractivity contribution >= 4 is 11.6 Å². The molecule has 2 aromatic carbocycles. The van der Waals surface area contributed by atoms with Crippen molar-refractivity contribution < 1.29 is 9.13 Å². The zero-order chi connectivity index (χ0) is 14.5. The Labute approximate surface area is 123 Å². The Morgan fingerprint density at radius 2 is 1.90 bits per heavy atom. The number of halogens is 2. The van der Waals surface area contributed by atoms with Crippen LogP contribution in [-0.4, -0.2) is 6.61 Å². The van der Waals surface area contributed by atoms with E-state index in [1.54, 1.807) is 12.1 Å². The highest BCUT2D eigenvalue weighted by Gasteiger charge is 2.14. The van der Waals surface area contributed by atoms with Gasteiger partial charge < -0.3 is 10.5 Å². The van der Waals surface area contributed by atoms with E-state index in [9.17, 15) is 4.39 Å². The number of rotatable bonds is 5. The summed E-state index contributed by atoms with van der Waals surface area (Å²) in [6.45, 7) is 2.73. The maximum absolute atomic E-state index is 13.5. The van der Waals surface area contributed by atoms with Crippen molar-refractivity contribution in [2.75, 3.05) is 6.61 Å². The van der Waals surface area contributed by atoms with Crippen molar-refractivity contribution in [3.63, 3.8) is 0 Å². The molecule has 2 rings (SSSR count). The summed E-state index contributed by atoms with van der Waals surface area (Å²) in [6.07, 6.45) is 0.958. The predicted molar refractivity (Wildman–Crippen MR) is 79.7 cm³/mol. The second-order valence-corrected chi connectivity index (χ2v) is 4.92. The largest absolute Gasteiger partial charge is 0.494 e. The minimum Gasteiger partial charge on any atom is -0.494 e. The molecule has 0 spiro atoms. The standard InChI is InChI=1S/C16H17ClFNO/c1-2-10-20-12-8-6-11(7-9-12)16(19)13-4-3-5-14(18)15(13)17/h3-9,16H,2,10,19H2,1H3. The molecule has 0 bridgehead atoms. The van der Waals surface area contributed by atoms with Gasteiger partial charge in [-0.05, 0) is 35.7 Å². The summed E-state index contributed by atoms with van der Waals surface area (Å²) in [7, 11) is 0. The lowest BCUT2D eigenvalue weighted by Gasteiger charge is -2.15. The van der Waals surface area contributed by atoms with Crippen LogP contribution in [0, 0.1) is 5.82 Å². The van der Waals surface area contributed by atoms with Crippen LogP contribution in [0.25, 0.3) is 0 Å². The molecule has 0 aromatic heterocycles. The Hall–Kier alpha value is -1.58. The van der Waals surface area contributed by atoms with E-state index in [2.05, 4.69) is 6.92 Å². The molecule has 0 amide bonds. The van der Waals surface area contributed by atoms with Gasteiger partial charge in [-0.1, -0.05) is 42.8 Å². The number of benzene rings is 2. The molecule has 0 aliphatic heterocycles. The average molecular weight is 294 g/mol. The van der Waals surface area contributed by atoms with Gasteiger partial charge >= 0.3 is 0 Å². The summed E-state index contributed by atoms with van der Waals surface area (Å²) in [5.41, 5.74) is 7.58. The number of hydrogen-bond donors (Lipinski definition) is 1. The smallest absolute Gasteiger partial charge is 0.142 e. The first-order chi connectivity index (χ1) is 9.63. The van der Waals surface area contributed by atoms with Crippen LogP contribution in [0.15, 0.2) is 42.5 Å². The molecule has 2 nitrogen and oxygen atoms in total. The topological polar surface area (TPSA) is 35.2 Å². The quantitative estimate of drug-likeness (QED) is 0.891. The molecule has 0 aliphatic carbocycles. The minimum atomic E-state index is -0.460. The maximum Gasteiger partial charge on any atom is 0.142 e. The van der Waals surface area contributed by atoms with Crippen molar-refractivity contribution in [2.24, 2.45) is 5.73 Å². The van der Waals surface area contributed by atoms with E-state index in [4.69, 9.17) is 22.1 Å². The second kappa shape index (κ2) is 6.73. The van der Waals surface area contributed by atoms with Gasteiger partial charge in [-0.2, -0.15) is 0 Å². The first-order valence-electron chi connectivity index (χ1n) is 6.55. The van der Waals surface area contributed by atoms with Gasteiger partial charge in [0, 0.05) is 0 Å². The van der Waals surface area contributed by atoms with E-state index in [1.165, 1.54) is 6.07 Å². The zero-order valence-corrected chi connectivity index (χ0v) is 12.0. The Balaban J connectivity index is 2.20. The SMILES string of the molecule is CCCOc1ccc(C(N)c2cccc(F)c2Cl)cc1. The van der Waals surface area contributed by atoms with Crippen LogP contribution in [0.5, 0.6) is 5.75 Å².